The van der Waals surface area contributed by atoms with Crippen LogP contribution in [-0.4, -0.2) is 14.9 Å². The molecule has 0 spiro atoms. The standard InChI is InChI=1S/C15H20N2O2/c1-10-7-5-6-8-12(10)17-14(19)11(9-18)13(16-17)15(2,3)4/h5-8,16,18H,9H2,1-4H3. The molecule has 0 unspecified atom stereocenters. The van der Waals surface area contributed by atoms with Crippen LogP contribution in [0.15, 0.2) is 29.1 Å². The largest absolute Gasteiger partial charge is 0.391 e. The second-order valence-electron chi connectivity index (χ2n) is 5.80. The lowest BCUT2D eigenvalue weighted by Gasteiger charge is -2.17. The second-order valence-corrected chi connectivity index (χ2v) is 5.80. The maximum Gasteiger partial charge on any atom is 0.277 e. The van der Waals surface area contributed by atoms with E-state index in [-0.39, 0.29) is 17.6 Å². The predicted octanol–water partition coefficient (Wildman–Crippen LogP) is 2.26. The van der Waals surface area contributed by atoms with E-state index < -0.39 is 0 Å². The molecule has 0 bridgehead atoms. The number of nitrogens with one attached hydrogen (secondary N) is 1. The number of aromatic nitrogens is 2. The Balaban J connectivity index is 2.71. The molecule has 1 heterocycles. The average Bonchev–Trinajstić information content (AvgIpc) is 2.67. The van der Waals surface area contributed by atoms with Gasteiger partial charge in [-0.25, -0.2) is 4.68 Å². The Morgan fingerprint density at radius 3 is 2.37 bits per heavy atom. The van der Waals surface area contributed by atoms with Gasteiger partial charge in [0.25, 0.3) is 5.56 Å². The van der Waals surface area contributed by atoms with Crippen molar-refractivity contribution in [3.8, 4) is 5.69 Å². The van der Waals surface area contributed by atoms with E-state index in [0.717, 1.165) is 16.9 Å². The van der Waals surface area contributed by atoms with Gasteiger partial charge in [-0.1, -0.05) is 39.0 Å². The number of benzene rings is 1. The Hall–Kier alpha value is -1.81. The van der Waals surface area contributed by atoms with Gasteiger partial charge in [-0.2, -0.15) is 0 Å². The van der Waals surface area contributed by atoms with Crippen molar-refractivity contribution in [2.24, 2.45) is 0 Å². The predicted molar refractivity (Wildman–Crippen MR) is 75.7 cm³/mol. The van der Waals surface area contributed by atoms with Gasteiger partial charge < -0.3 is 5.11 Å². The summed E-state index contributed by atoms with van der Waals surface area (Å²) in [5.74, 6) is 0. The van der Waals surface area contributed by atoms with Crippen molar-refractivity contribution in [1.82, 2.24) is 9.78 Å². The molecule has 2 rings (SSSR count). The first kappa shape index (κ1) is 13.6. The number of hydrogen-bond acceptors (Lipinski definition) is 2. The zero-order valence-electron chi connectivity index (χ0n) is 11.8. The lowest BCUT2D eigenvalue weighted by atomic mass is 9.90. The second kappa shape index (κ2) is 4.70. The molecule has 0 aliphatic rings. The summed E-state index contributed by atoms with van der Waals surface area (Å²) in [6, 6.07) is 7.67. The number of aliphatic hydroxyl groups excluding tert-OH is 1. The molecule has 4 nitrogen and oxygen atoms in total. The highest BCUT2D eigenvalue weighted by Crippen LogP contribution is 2.23. The average molecular weight is 260 g/mol. The Kier molecular flexibility index (Phi) is 3.37. The molecule has 0 aliphatic heterocycles. The third-order valence-corrected chi connectivity index (χ3v) is 3.25. The Morgan fingerprint density at radius 1 is 1.26 bits per heavy atom. The molecule has 19 heavy (non-hydrogen) atoms. The molecule has 0 fully saturated rings. The fourth-order valence-corrected chi connectivity index (χ4v) is 2.22. The van der Waals surface area contributed by atoms with Gasteiger partial charge in [0.2, 0.25) is 0 Å². The lowest BCUT2D eigenvalue weighted by Crippen LogP contribution is -2.18. The van der Waals surface area contributed by atoms with Gasteiger partial charge in [0.05, 0.1) is 17.9 Å². The quantitative estimate of drug-likeness (QED) is 0.870. The molecular weight excluding hydrogens is 240 g/mol. The van der Waals surface area contributed by atoms with Crippen molar-refractivity contribution >= 4 is 0 Å². The van der Waals surface area contributed by atoms with Gasteiger partial charge in [-0.05, 0) is 18.6 Å². The van der Waals surface area contributed by atoms with E-state index in [1.54, 1.807) is 0 Å². The molecule has 0 saturated carbocycles. The van der Waals surface area contributed by atoms with Crippen molar-refractivity contribution in [3.63, 3.8) is 0 Å². The van der Waals surface area contributed by atoms with Crippen LogP contribution in [0.4, 0.5) is 0 Å². The van der Waals surface area contributed by atoms with E-state index in [1.807, 2.05) is 52.0 Å². The number of para-hydroxylation sites is 1. The topological polar surface area (TPSA) is 58.0 Å². The van der Waals surface area contributed by atoms with E-state index in [2.05, 4.69) is 5.10 Å². The maximum atomic E-state index is 12.4. The monoisotopic (exact) mass is 260 g/mol. The van der Waals surface area contributed by atoms with Gasteiger partial charge in [0, 0.05) is 11.1 Å². The summed E-state index contributed by atoms with van der Waals surface area (Å²) in [4.78, 5) is 12.4. The summed E-state index contributed by atoms with van der Waals surface area (Å²) in [6.07, 6.45) is 0. The van der Waals surface area contributed by atoms with E-state index in [4.69, 9.17) is 0 Å². The van der Waals surface area contributed by atoms with Crippen LogP contribution in [0.25, 0.3) is 5.69 Å². The van der Waals surface area contributed by atoms with Crippen LogP contribution < -0.4 is 5.56 Å². The van der Waals surface area contributed by atoms with Crippen molar-refractivity contribution in [2.75, 3.05) is 0 Å². The maximum absolute atomic E-state index is 12.4. The Morgan fingerprint density at radius 2 is 1.89 bits per heavy atom. The summed E-state index contributed by atoms with van der Waals surface area (Å²) in [6.45, 7) is 7.75. The van der Waals surface area contributed by atoms with Crippen LogP contribution in [0.2, 0.25) is 0 Å². The van der Waals surface area contributed by atoms with Gasteiger partial charge in [0.15, 0.2) is 0 Å². The molecule has 0 saturated heterocycles. The van der Waals surface area contributed by atoms with E-state index in [1.165, 1.54) is 4.68 Å². The first-order chi connectivity index (χ1) is 8.86. The summed E-state index contributed by atoms with van der Waals surface area (Å²) in [5.41, 5.74) is 2.65. The van der Waals surface area contributed by atoms with Gasteiger partial charge in [-0.3, -0.25) is 9.89 Å². The molecule has 0 atom stereocenters. The van der Waals surface area contributed by atoms with Crippen molar-refractivity contribution in [1.29, 1.82) is 0 Å². The van der Waals surface area contributed by atoms with Crippen LogP contribution in [0.5, 0.6) is 0 Å². The molecule has 2 aromatic rings. The molecule has 0 amide bonds. The minimum absolute atomic E-state index is 0.179. The lowest BCUT2D eigenvalue weighted by molar-refractivity contribution is 0.277. The molecule has 1 aromatic carbocycles. The zero-order chi connectivity index (χ0) is 14.2. The number of rotatable bonds is 2. The van der Waals surface area contributed by atoms with Crippen LogP contribution in [0.1, 0.15) is 37.6 Å². The highest BCUT2D eigenvalue weighted by Gasteiger charge is 2.24. The van der Waals surface area contributed by atoms with Crippen molar-refractivity contribution in [2.45, 2.75) is 39.7 Å². The smallest absolute Gasteiger partial charge is 0.277 e. The van der Waals surface area contributed by atoms with E-state index in [0.29, 0.717) is 5.56 Å². The summed E-state index contributed by atoms with van der Waals surface area (Å²) in [5, 5.41) is 12.6. The van der Waals surface area contributed by atoms with Gasteiger partial charge in [-0.15, -0.1) is 0 Å². The summed E-state index contributed by atoms with van der Waals surface area (Å²) in [7, 11) is 0. The number of aliphatic hydroxyl groups is 1. The third-order valence-electron chi connectivity index (χ3n) is 3.25. The fraction of sp³-hybridized carbons (Fsp3) is 0.400. The van der Waals surface area contributed by atoms with Crippen molar-refractivity contribution < 1.29 is 5.11 Å². The van der Waals surface area contributed by atoms with Gasteiger partial charge >= 0.3 is 0 Å². The normalized spacial score (nSPS) is 11.8. The number of aryl methyl sites for hydroxylation is 1. The first-order valence-corrected chi connectivity index (χ1v) is 6.37. The third kappa shape index (κ3) is 2.36. The number of H-pyrrole nitrogens is 1. The summed E-state index contributed by atoms with van der Waals surface area (Å²) < 4.78 is 1.52. The molecule has 102 valence electrons. The first-order valence-electron chi connectivity index (χ1n) is 6.37. The minimum atomic E-state index is -0.249. The summed E-state index contributed by atoms with van der Waals surface area (Å²) >= 11 is 0. The van der Waals surface area contributed by atoms with Crippen LogP contribution in [0.3, 0.4) is 0 Å². The fourth-order valence-electron chi connectivity index (χ4n) is 2.22. The molecule has 4 heteroatoms. The minimum Gasteiger partial charge on any atom is -0.391 e. The molecule has 0 aliphatic carbocycles. The van der Waals surface area contributed by atoms with Crippen LogP contribution in [-0.2, 0) is 12.0 Å². The van der Waals surface area contributed by atoms with Crippen LogP contribution >= 0.6 is 0 Å². The van der Waals surface area contributed by atoms with Crippen LogP contribution in [0, 0.1) is 6.92 Å². The van der Waals surface area contributed by atoms with E-state index >= 15 is 0 Å². The molecular formula is C15H20N2O2. The van der Waals surface area contributed by atoms with Crippen molar-refractivity contribution in [3.05, 3.63) is 51.4 Å². The molecule has 2 N–H and O–H groups in total. The van der Waals surface area contributed by atoms with E-state index in [9.17, 15) is 9.90 Å². The number of nitrogens with zero attached hydrogens (tertiary/aromatic N) is 1. The highest BCUT2D eigenvalue weighted by molar-refractivity contribution is 5.41. The zero-order valence-corrected chi connectivity index (χ0v) is 11.8. The number of aromatic amines is 1. The molecule has 1 aromatic heterocycles. The van der Waals surface area contributed by atoms with Gasteiger partial charge in [0.1, 0.15) is 0 Å². The Bertz CT molecular complexity index is 645. The Labute approximate surface area is 112 Å². The highest BCUT2D eigenvalue weighted by atomic mass is 16.3. The molecule has 0 radical (unpaired) electrons. The SMILES string of the molecule is Cc1ccccc1-n1[nH]c(C(C)(C)C)c(CO)c1=O. The number of hydrogen-bond donors (Lipinski definition) is 2.